The summed E-state index contributed by atoms with van der Waals surface area (Å²) in [5.41, 5.74) is 7.67. The standard InChI is InChI=1S/C32H35N9O4S/c1-32(44,18-39-20-34-19-35-39)17-38-11-9-21(10-12-38)36-29(42)27-16-25-30(46-27)37-28(33)31(43)41(25)23-7-8-26-24(15-23)40(13-14-45-26)22-5-3-2-4-6-22/h2-8,15-16,19-21,44H,9-14,17-18H2,1H3,(H2,33,37)(H,36,42). The minimum Gasteiger partial charge on any atom is -0.490 e. The van der Waals surface area contributed by atoms with Crippen LogP contribution in [0.1, 0.15) is 29.4 Å². The van der Waals surface area contributed by atoms with Gasteiger partial charge in [0.15, 0.2) is 5.82 Å². The third-order valence-corrected chi connectivity index (χ3v) is 9.41. The van der Waals surface area contributed by atoms with Gasteiger partial charge in [-0.1, -0.05) is 18.2 Å². The molecule has 2 aliphatic heterocycles. The number of ether oxygens (including phenoxy) is 1. The second kappa shape index (κ2) is 12.2. The van der Waals surface area contributed by atoms with Crippen molar-refractivity contribution in [3.63, 3.8) is 0 Å². The van der Waals surface area contributed by atoms with Gasteiger partial charge < -0.3 is 30.7 Å². The molecule has 0 spiro atoms. The number of rotatable bonds is 8. The predicted octanol–water partition coefficient (Wildman–Crippen LogP) is 2.80. The average molecular weight is 642 g/mol. The Labute approximate surface area is 268 Å². The summed E-state index contributed by atoms with van der Waals surface area (Å²) in [4.78, 5) is 40.5. The van der Waals surface area contributed by atoms with Gasteiger partial charge in [0.1, 0.15) is 29.8 Å². The number of carbonyl (C=O) groups is 1. The van der Waals surface area contributed by atoms with E-state index in [0.717, 1.165) is 43.1 Å². The number of nitrogens with two attached hydrogens (primary N) is 1. The van der Waals surface area contributed by atoms with Crippen LogP contribution in [0.4, 0.5) is 17.2 Å². The molecule has 1 amide bonds. The normalized spacial score (nSPS) is 17.0. The molecule has 1 saturated heterocycles. The molecule has 0 bridgehead atoms. The number of benzene rings is 2. The number of hydrogen-bond acceptors (Lipinski definition) is 11. The number of thiophene rings is 1. The van der Waals surface area contributed by atoms with Crippen LogP contribution in [-0.2, 0) is 6.54 Å². The van der Waals surface area contributed by atoms with Crippen molar-refractivity contribution in [2.24, 2.45) is 0 Å². The summed E-state index contributed by atoms with van der Waals surface area (Å²) in [6.07, 6.45) is 4.55. The summed E-state index contributed by atoms with van der Waals surface area (Å²) in [5, 5.41) is 18.1. The fourth-order valence-electron chi connectivity index (χ4n) is 6.27. The number of fused-ring (bicyclic) bond motifs is 2. The first-order valence-electron chi connectivity index (χ1n) is 15.2. The molecule has 4 N–H and O–H groups in total. The zero-order valence-corrected chi connectivity index (χ0v) is 26.2. The third-order valence-electron chi connectivity index (χ3n) is 8.39. The molecule has 2 aliphatic rings. The van der Waals surface area contributed by atoms with Crippen LogP contribution in [0.15, 0.2) is 72.0 Å². The first kappa shape index (κ1) is 29.9. The zero-order chi connectivity index (χ0) is 31.8. The molecular weight excluding hydrogens is 606 g/mol. The maximum Gasteiger partial charge on any atom is 0.298 e. The van der Waals surface area contributed by atoms with Crippen LogP contribution >= 0.6 is 11.3 Å². The highest BCUT2D eigenvalue weighted by atomic mass is 32.1. The average Bonchev–Trinajstić information content (AvgIpc) is 3.72. The molecular formula is C32H35N9O4S. The summed E-state index contributed by atoms with van der Waals surface area (Å²) in [6, 6.07) is 17.3. The van der Waals surface area contributed by atoms with Gasteiger partial charge in [0.25, 0.3) is 11.5 Å². The Bertz CT molecular complexity index is 1920. The Morgan fingerprint density at radius 2 is 1.91 bits per heavy atom. The van der Waals surface area contributed by atoms with Crippen molar-refractivity contribution in [3.05, 3.63) is 82.5 Å². The van der Waals surface area contributed by atoms with E-state index in [4.69, 9.17) is 10.5 Å². The smallest absolute Gasteiger partial charge is 0.298 e. The number of likely N-dealkylation sites (tertiary alicyclic amines) is 1. The number of β-amino-alcohol motifs (C(OH)–C–C–N with tert-alkyl or cyclic N) is 1. The van der Waals surface area contributed by atoms with Gasteiger partial charge in [-0.15, -0.1) is 11.3 Å². The minimum absolute atomic E-state index is 0.0148. The van der Waals surface area contributed by atoms with Gasteiger partial charge in [-0.05, 0) is 56.2 Å². The number of nitrogens with one attached hydrogen (secondary N) is 1. The molecule has 5 aromatic rings. The zero-order valence-electron chi connectivity index (χ0n) is 25.4. The maximum absolute atomic E-state index is 13.4. The summed E-state index contributed by atoms with van der Waals surface area (Å²) >= 11 is 1.21. The molecule has 3 aromatic heterocycles. The van der Waals surface area contributed by atoms with Crippen LogP contribution in [0.2, 0.25) is 0 Å². The highest BCUT2D eigenvalue weighted by Gasteiger charge is 2.29. The van der Waals surface area contributed by atoms with Gasteiger partial charge in [-0.3, -0.25) is 18.8 Å². The van der Waals surface area contributed by atoms with E-state index in [1.807, 2.05) is 48.5 Å². The number of aliphatic hydroxyl groups is 1. The lowest BCUT2D eigenvalue weighted by Crippen LogP contribution is -2.50. The molecule has 46 heavy (non-hydrogen) atoms. The second-order valence-electron chi connectivity index (χ2n) is 12.0. The third kappa shape index (κ3) is 6.06. The Kier molecular flexibility index (Phi) is 7.92. The van der Waals surface area contributed by atoms with E-state index in [1.165, 1.54) is 22.2 Å². The van der Waals surface area contributed by atoms with Crippen LogP contribution in [0.5, 0.6) is 5.75 Å². The lowest BCUT2D eigenvalue weighted by atomic mass is 10.0. The highest BCUT2D eigenvalue weighted by Crippen LogP contribution is 2.38. The van der Waals surface area contributed by atoms with Crippen LogP contribution in [0.3, 0.4) is 0 Å². The molecule has 238 valence electrons. The monoisotopic (exact) mass is 641 g/mol. The second-order valence-corrected chi connectivity index (χ2v) is 13.1. The van der Waals surface area contributed by atoms with Crippen LogP contribution in [0.25, 0.3) is 16.0 Å². The summed E-state index contributed by atoms with van der Waals surface area (Å²) < 4.78 is 9.07. The molecule has 2 aromatic carbocycles. The van der Waals surface area contributed by atoms with E-state index in [2.05, 4.69) is 30.2 Å². The van der Waals surface area contributed by atoms with Crippen LogP contribution in [0, 0.1) is 0 Å². The fraction of sp³-hybridized carbons (Fsp3) is 0.344. The Morgan fingerprint density at radius 3 is 2.67 bits per heavy atom. The number of anilines is 3. The van der Waals surface area contributed by atoms with Crippen molar-refractivity contribution in [1.82, 2.24) is 34.5 Å². The van der Waals surface area contributed by atoms with Crippen LogP contribution in [-0.4, -0.2) is 84.7 Å². The summed E-state index contributed by atoms with van der Waals surface area (Å²) in [6.45, 7) is 5.32. The molecule has 1 unspecified atom stereocenters. The van der Waals surface area contributed by atoms with E-state index in [0.29, 0.717) is 47.2 Å². The minimum atomic E-state index is -0.962. The molecule has 1 fully saturated rings. The van der Waals surface area contributed by atoms with Gasteiger partial charge >= 0.3 is 0 Å². The first-order valence-corrected chi connectivity index (χ1v) is 16.1. The molecule has 0 aliphatic carbocycles. The van der Waals surface area contributed by atoms with Crippen molar-refractivity contribution in [2.75, 3.05) is 43.4 Å². The number of amides is 1. The number of carbonyl (C=O) groups excluding carboxylic acids is 1. The van der Waals surface area contributed by atoms with E-state index in [9.17, 15) is 14.7 Å². The van der Waals surface area contributed by atoms with Gasteiger partial charge in [-0.25, -0.2) is 9.97 Å². The topological polar surface area (TPSA) is 157 Å². The number of nitrogen functional groups attached to an aromatic ring is 1. The first-order chi connectivity index (χ1) is 22.2. The highest BCUT2D eigenvalue weighted by molar-refractivity contribution is 7.20. The number of aromatic nitrogens is 5. The Hall–Kier alpha value is -4.79. The number of piperidine rings is 1. The number of hydrogen-bond donors (Lipinski definition) is 3. The number of nitrogens with zero attached hydrogens (tertiary/aromatic N) is 7. The van der Waals surface area contributed by atoms with Crippen LogP contribution < -0.4 is 26.2 Å². The lowest BCUT2D eigenvalue weighted by Gasteiger charge is -2.36. The maximum atomic E-state index is 13.4. The van der Waals surface area contributed by atoms with E-state index in [1.54, 1.807) is 24.0 Å². The fourth-order valence-corrected chi connectivity index (χ4v) is 7.20. The van der Waals surface area contributed by atoms with E-state index >= 15 is 0 Å². The largest absolute Gasteiger partial charge is 0.490 e. The molecule has 13 nitrogen and oxygen atoms in total. The Balaban J connectivity index is 1.08. The van der Waals surface area contributed by atoms with Gasteiger partial charge in [0, 0.05) is 31.4 Å². The molecule has 14 heteroatoms. The van der Waals surface area contributed by atoms with Gasteiger partial charge in [-0.2, -0.15) is 5.10 Å². The Morgan fingerprint density at radius 1 is 1.11 bits per heavy atom. The number of para-hydroxylation sites is 1. The van der Waals surface area contributed by atoms with Crippen molar-refractivity contribution >= 4 is 44.8 Å². The summed E-state index contributed by atoms with van der Waals surface area (Å²) in [5.74, 6) is 0.369. The van der Waals surface area contributed by atoms with Gasteiger partial charge in [0.2, 0.25) is 0 Å². The molecule has 0 saturated carbocycles. The molecule has 5 heterocycles. The molecule has 0 radical (unpaired) electrons. The quantitative estimate of drug-likeness (QED) is 0.230. The van der Waals surface area contributed by atoms with E-state index < -0.39 is 11.2 Å². The van der Waals surface area contributed by atoms with Crippen molar-refractivity contribution in [3.8, 4) is 11.4 Å². The van der Waals surface area contributed by atoms with E-state index in [-0.39, 0.29) is 17.8 Å². The molecule has 1 atom stereocenters. The predicted molar refractivity (Wildman–Crippen MR) is 176 cm³/mol. The van der Waals surface area contributed by atoms with Crippen molar-refractivity contribution in [2.45, 2.75) is 38.0 Å². The SMILES string of the molecule is CC(O)(CN1CCC(NC(=O)c2cc3c(nc(N)c(=O)n3-c3ccc4c(c3)N(c3ccccc3)CCO4)s2)CC1)Cn1cncn1. The van der Waals surface area contributed by atoms with Crippen molar-refractivity contribution < 1.29 is 14.6 Å². The lowest BCUT2D eigenvalue weighted by molar-refractivity contribution is -0.00441. The molecule has 7 rings (SSSR count). The van der Waals surface area contributed by atoms with Crippen molar-refractivity contribution in [1.29, 1.82) is 0 Å². The van der Waals surface area contributed by atoms with Gasteiger partial charge in [0.05, 0.1) is 40.5 Å². The summed E-state index contributed by atoms with van der Waals surface area (Å²) in [7, 11) is 0.